The van der Waals surface area contributed by atoms with Crippen LogP contribution in [-0.4, -0.2) is 26.4 Å². The van der Waals surface area contributed by atoms with E-state index in [2.05, 4.69) is 9.36 Å². The number of rotatable bonds is 3. The van der Waals surface area contributed by atoms with Crippen LogP contribution in [0.3, 0.4) is 0 Å². The zero-order valence-corrected chi connectivity index (χ0v) is 12.7. The topological polar surface area (TPSA) is 51.0 Å². The van der Waals surface area contributed by atoms with Crippen LogP contribution in [-0.2, 0) is 4.79 Å². The Hall–Kier alpha value is -2.47. The van der Waals surface area contributed by atoms with E-state index in [1.165, 1.54) is 11.5 Å². The average molecular weight is 310 g/mol. The molecule has 3 heterocycles. The van der Waals surface area contributed by atoms with Crippen molar-refractivity contribution in [2.24, 2.45) is 0 Å². The van der Waals surface area contributed by atoms with Crippen LogP contribution in [0.25, 0.3) is 17.1 Å². The van der Waals surface area contributed by atoms with Crippen molar-refractivity contribution >= 4 is 23.1 Å². The number of carbonyl (C=O) groups is 1. The standard InChI is InChI=1S/C16H14N4OS/c21-15-5-2-7-19(15)13-3-1-4-14(9-13)20-8-6-17-16(20)12-10-18-22-11-12/h1,3-4,6,8-11H,2,5,7H2. The third-order valence-corrected chi connectivity index (χ3v) is 4.41. The van der Waals surface area contributed by atoms with Crippen LogP contribution in [0.2, 0.25) is 0 Å². The predicted octanol–water partition coefficient (Wildman–Crippen LogP) is 3.12. The molecule has 2 aromatic heterocycles. The van der Waals surface area contributed by atoms with Gasteiger partial charge >= 0.3 is 0 Å². The van der Waals surface area contributed by atoms with Gasteiger partial charge in [-0.15, -0.1) is 0 Å². The molecular weight excluding hydrogens is 296 g/mol. The lowest BCUT2D eigenvalue weighted by molar-refractivity contribution is -0.117. The lowest BCUT2D eigenvalue weighted by Crippen LogP contribution is -2.23. The SMILES string of the molecule is O=C1CCCN1c1cccc(-n2ccnc2-c2cnsc2)c1. The van der Waals surface area contributed by atoms with E-state index in [4.69, 9.17) is 0 Å². The van der Waals surface area contributed by atoms with Gasteiger partial charge < -0.3 is 4.90 Å². The molecule has 22 heavy (non-hydrogen) atoms. The fourth-order valence-corrected chi connectivity index (χ4v) is 3.29. The van der Waals surface area contributed by atoms with Gasteiger partial charge in [-0.05, 0) is 36.2 Å². The van der Waals surface area contributed by atoms with E-state index in [0.29, 0.717) is 6.42 Å². The number of anilines is 1. The molecule has 1 aliphatic rings. The highest BCUT2D eigenvalue weighted by molar-refractivity contribution is 7.03. The molecule has 1 aromatic carbocycles. The minimum atomic E-state index is 0.199. The molecule has 0 saturated carbocycles. The maximum absolute atomic E-state index is 11.9. The summed E-state index contributed by atoms with van der Waals surface area (Å²) in [4.78, 5) is 18.2. The molecule has 110 valence electrons. The van der Waals surface area contributed by atoms with E-state index in [0.717, 1.165) is 35.7 Å². The summed E-state index contributed by atoms with van der Waals surface area (Å²) in [6.45, 7) is 0.799. The van der Waals surface area contributed by atoms with E-state index < -0.39 is 0 Å². The Morgan fingerprint density at radius 3 is 2.91 bits per heavy atom. The molecule has 5 nitrogen and oxygen atoms in total. The second-order valence-corrected chi connectivity index (χ2v) is 5.86. The first-order chi connectivity index (χ1) is 10.8. The third-order valence-electron chi connectivity index (χ3n) is 3.82. The van der Waals surface area contributed by atoms with Crippen molar-refractivity contribution in [3.05, 3.63) is 48.2 Å². The number of nitrogens with zero attached hydrogens (tertiary/aromatic N) is 4. The molecule has 0 N–H and O–H groups in total. The van der Waals surface area contributed by atoms with Gasteiger partial charge in [0.05, 0.1) is 6.20 Å². The molecule has 0 spiro atoms. The highest BCUT2D eigenvalue weighted by Crippen LogP contribution is 2.27. The first-order valence-corrected chi connectivity index (χ1v) is 8.00. The number of hydrogen-bond donors (Lipinski definition) is 0. The molecule has 1 saturated heterocycles. The summed E-state index contributed by atoms with van der Waals surface area (Å²) in [5.74, 6) is 1.06. The van der Waals surface area contributed by atoms with Crippen molar-refractivity contribution in [2.45, 2.75) is 12.8 Å². The lowest BCUT2D eigenvalue weighted by atomic mass is 10.2. The largest absolute Gasteiger partial charge is 0.312 e. The average Bonchev–Trinajstić information content (AvgIpc) is 3.28. The van der Waals surface area contributed by atoms with Crippen molar-refractivity contribution in [2.75, 3.05) is 11.4 Å². The molecule has 1 aliphatic heterocycles. The molecule has 1 amide bonds. The number of hydrogen-bond acceptors (Lipinski definition) is 4. The van der Waals surface area contributed by atoms with Crippen molar-refractivity contribution in [3.8, 4) is 17.1 Å². The fourth-order valence-electron chi connectivity index (χ4n) is 2.77. The van der Waals surface area contributed by atoms with Crippen LogP contribution in [0.1, 0.15) is 12.8 Å². The molecule has 6 heteroatoms. The highest BCUT2D eigenvalue weighted by atomic mass is 32.1. The predicted molar refractivity (Wildman–Crippen MR) is 86.3 cm³/mol. The Morgan fingerprint density at radius 2 is 2.14 bits per heavy atom. The van der Waals surface area contributed by atoms with E-state index in [1.54, 1.807) is 6.20 Å². The Kier molecular flexibility index (Phi) is 3.23. The fraction of sp³-hybridized carbons (Fsp3) is 0.188. The molecule has 0 unspecified atom stereocenters. The van der Waals surface area contributed by atoms with Gasteiger partial charge in [0.2, 0.25) is 5.91 Å². The summed E-state index contributed by atoms with van der Waals surface area (Å²) in [6, 6.07) is 8.02. The molecule has 1 fully saturated rings. The normalized spacial score (nSPS) is 14.7. The quantitative estimate of drug-likeness (QED) is 0.747. The van der Waals surface area contributed by atoms with Gasteiger partial charge in [-0.1, -0.05) is 6.07 Å². The number of aromatic nitrogens is 3. The van der Waals surface area contributed by atoms with Gasteiger partial charge in [-0.3, -0.25) is 9.36 Å². The highest BCUT2D eigenvalue weighted by Gasteiger charge is 2.22. The van der Waals surface area contributed by atoms with Gasteiger partial charge in [0.25, 0.3) is 0 Å². The zero-order chi connectivity index (χ0) is 14.9. The summed E-state index contributed by atoms with van der Waals surface area (Å²) < 4.78 is 6.16. The summed E-state index contributed by atoms with van der Waals surface area (Å²) in [7, 11) is 0. The van der Waals surface area contributed by atoms with Crippen molar-refractivity contribution < 1.29 is 4.79 Å². The van der Waals surface area contributed by atoms with E-state index in [1.807, 2.05) is 51.5 Å². The molecule has 0 atom stereocenters. The maximum Gasteiger partial charge on any atom is 0.227 e. The second kappa shape index (κ2) is 5.38. The molecule has 3 aromatic rings. The van der Waals surface area contributed by atoms with E-state index in [-0.39, 0.29) is 5.91 Å². The molecule has 0 bridgehead atoms. The molecular formula is C16H14N4OS. The number of amides is 1. The van der Waals surface area contributed by atoms with E-state index >= 15 is 0 Å². The number of imidazole rings is 1. The summed E-state index contributed by atoms with van der Waals surface area (Å²) in [5.41, 5.74) is 2.94. The van der Waals surface area contributed by atoms with Crippen molar-refractivity contribution in [3.63, 3.8) is 0 Å². The van der Waals surface area contributed by atoms with Gasteiger partial charge in [-0.25, -0.2) is 9.36 Å². The molecule has 0 aliphatic carbocycles. The van der Waals surface area contributed by atoms with Crippen LogP contribution >= 0.6 is 11.5 Å². The molecule has 0 radical (unpaired) electrons. The monoisotopic (exact) mass is 310 g/mol. The third kappa shape index (κ3) is 2.21. The van der Waals surface area contributed by atoms with Crippen molar-refractivity contribution in [1.82, 2.24) is 13.9 Å². The number of benzene rings is 1. The minimum Gasteiger partial charge on any atom is -0.312 e. The first-order valence-electron chi connectivity index (χ1n) is 7.17. The lowest BCUT2D eigenvalue weighted by Gasteiger charge is -2.17. The Morgan fingerprint density at radius 1 is 1.23 bits per heavy atom. The van der Waals surface area contributed by atoms with Gasteiger partial charge in [0.15, 0.2) is 0 Å². The summed E-state index contributed by atoms with van der Waals surface area (Å²) in [6.07, 6.45) is 7.09. The summed E-state index contributed by atoms with van der Waals surface area (Å²) in [5, 5.41) is 1.98. The van der Waals surface area contributed by atoms with Crippen LogP contribution in [0, 0.1) is 0 Å². The minimum absolute atomic E-state index is 0.199. The van der Waals surface area contributed by atoms with Crippen LogP contribution in [0.5, 0.6) is 0 Å². The maximum atomic E-state index is 11.9. The van der Waals surface area contributed by atoms with Gasteiger partial charge in [0.1, 0.15) is 5.82 Å². The Bertz CT molecular complexity index is 809. The smallest absolute Gasteiger partial charge is 0.227 e. The van der Waals surface area contributed by atoms with Gasteiger partial charge in [0, 0.05) is 47.7 Å². The Balaban J connectivity index is 1.75. The Labute approximate surface area is 132 Å². The van der Waals surface area contributed by atoms with Crippen LogP contribution < -0.4 is 4.90 Å². The summed E-state index contributed by atoms with van der Waals surface area (Å²) >= 11 is 1.41. The van der Waals surface area contributed by atoms with Crippen molar-refractivity contribution in [1.29, 1.82) is 0 Å². The zero-order valence-electron chi connectivity index (χ0n) is 11.8. The van der Waals surface area contributed by atoms with E-state index in [9.17, 15) is 4.79 Å². The van der Waals surface area contributed by atoms with Crippen LogP contribution in [0.15, 0.2) is 48.2 Å². The second-order valence-electron chi connectivity index (χ2n) is 5.20. The number of carbonyl (C=O) groups excluding carboxylic acids is 1. The van der Waals surface area contributed by atoms with Gasteiger partial charge in [-0.2, -0.15) is 0 Å². The van der Waals surface area contributed by atoms with Crippen LogP contribution in [0.4, 0.5) is 5.69 Å². The molecule has 4 rings (SSSR count). The first kappa shape index (κ1) is 13.2.